The van der Waals surface area contributed by atoms with Gasteiger partial charge in [-0.05, 0) is 50.6 Å². The van der Waals surface area contributed by atoms with E-state index >= 15 is 0 Å². The Morgan fingerprint density at radius 1 is 1.27 bits per heavy atom. The summed E-state index contributed by atoms with van der Waals surface area (Å²) in [5.41, 5.74) is 0.622. The largest absolute Gasteiger partial charge is 0.436 e. The summed E-state index contributed by atoms with van der Waals surface area (Å²) in [5, 5.41) is 6.19. The normalized spacial score (nSPS) is 17.4. The highest BCUT2D eigenvalue weighted by Crippen LogP contribution is 2.26. The molecule has 2 aromatic rings. The SMILES string of the molecule is O=C(NCc1cccnc1Oc1ccc(F)cc1F)[C@@H]1CCCNCC1. The summed E-state index contributed by atoms with van der Waals surface area (Å²) < 4.78 is 32.3. The zero-order valence-electron chi connectivity index (χ0n) is 14.3. The molecule has 1 aromatic heterocycles. The Labute approximate surface area is 150 Å². The van der Waals surface area contributed by atoms with Gasteiger partial charge in [-0.15, -0.1) is 0 Å². The summed E-state index contributed by atoms with van der Waals surface area (Å²) in [4.78, 5) is 16.5. The van der Waals surface area contributed by atoms with Crippen LogP contribution in [0.3, 0.4) is 0 Å². The molecule has 0 unspecified atom stereocenters. The van der Waals surface area contributed by atoms with Crippen LogP contribution in [-0.4, -0.2) is 24.0 Å². The van der Waals surface area contributed by atoms with Gasteiger partial charge in [-0.25, -0.2) is 13.8 Å². The van der Waals surface area contributed by atoms with Crippen LogP contribution in [0.2, 0.25) is 0 Å². The van der Waals surface area contributed by atoms with Crippen LogP contribution >= 0.6 is 0 Å². The lowest BCUT2D eigenvalue weighted by Gasteiger charge is -2.15. The lowest BCUT2D eigenvalue weighted by atomic mass is 10.00. The number of hydrogen-bond acceptors (Lipinski definition) is 4. The highest BCUT2D eigenvalue weighted by molar-refractivity contribution is 5.78. The van der Waals surface area contributed by atoms with Gasteiger partial charge in [0.15, 0.2) is 11.6 Å². The van der Waals surface area contributed by atoms with Crippen LogP contribution in [0.4, 0.5) is 8.78 Å². The summed E-state index contributed by atoms with van der Waals surface area (Å²) in [6, 6.07) is 6.53. The predicted octanol–water partition coefficient (Wildman–Crippen LogP) is 3.16. The van der Waals surface area contributed by atoms with Gasteiger partial charge in [0.1, 0.15) is 5.82 Å². The first-order valence-corrected chi connectivity index (χ1v) is 8.68. The Balaban J connectivity index is 1.66. The molecule has 2 heterocycles. The Morgan fingerprint density at radius 3 is 3.00 bits per heavy atom. The van der Waals surface area contributed by atoms with Crippen LogP contribution in [-0.2, 0) is 11.3 Å². The monoisotopic (exact) mass is 361 g/mol. The zero-order chi connectivity index (χ0) is 18.4. The third kappa shape index (κ3) is 4.76. The molecule has 26 heavy (non-hydrogen) atoms. The van der Waals surface area contributed by atoms with E-state index in [4.69, 9.17) is 4.74 Å². The number of benzene rings is 1. The van der Waals surface area contributed by atoms with Crippen molar-refractivity contribution in [2.75, 3.05) is 13.1 Å². The maximum absolute atomic E-state index is 13.8. The molecule has 138 valence electrons. The minimum absolute atomic E-state index is 0.00327. The predicted molar refractivity (Wildman–Crippen MR) is 92.7 cm³/mol. The van der Waals surface area contributed by atoms with E-state index in [9.17, 15) is 13.6 Å². The number of ether oxygens (including phenoxy) is 1. The van der Waals surface area contributed by atoms with Crippen molar-refractivity contribution in [2.24, 2.45) is 5.92 Å². The quantitative estimate of drug-likeness (QED) is 0.859. The molecule has 2 N–H and O–H groups in total. The molecule has 7 heteroatoms. The molecular weight excluding hydrogens is 340 g/mol. The molecule has 1 atom stereocenters. The van der Waals surface area contributed by atoms with E-state index in [0.717, 1.165) is 44.5 Å². The second-order valence-electron chi connectivity index (χ2n) is 6.24. The van der Waals surface area contributed by atoms with Gasteiger partial charge in [0.2, 0.25) is 11.8 Å². The molecule has 1 aliphatic heterocycles. The van der Waals surface area contributed by atoms with E-state index < -0.39 is 11.6 Å². The Hall–Kier alpha value is -2.54. The van der Waals surface area contributed by atoms with Crippen molar-refractivity contribution in [3.63, 3.8) is 0 Å². The molecule has 0 radical (unpaired) electrons. The van der Waals surface area contributed by atoms with Crippen molar-refractivity contribution >= 4 is 5.91 Å². The first kappa shape index (κ1) is 18.3. The van der Waals surface area contributed by atoms with Crippen molar-refractivity contribution < 1.29 is 18.3 Å². The smallest absolute Gasteiger partial charge is 0.224 e. The number of nitrogens with zero attached hydrogens (tertiary/aromatic N) is 1. The Kier molecular flexibility index (Phi) is 6.12. The van der Waals surface area contributed by atoms with Gasteiger partial charge in [0.05, 0.1) is 0 Å². The number of nitrogens with one attached hydrogen (secondary N) is 2. The lowest BCUT2D eigenvalue weighted by molar-refractivity contribution is -0.125. The van der Waals surface area contributed by atoms with Crippen LogP contribution in [0.1, 0.15) is 24.8 Å². The number of hydrogen-bond donors (Lipinski definition) is 2. The van der Waals surface area contributed by atoms with Gasteiger partial charge >= 0.3 is 0 Å². The molecule has 1 fully saturated rings. The topological polar surface area (TPSA) is 63.2 Å². The van der Waals surface area contributed by atoms with Crippen molar-refractivity contribution in [1.82, 2.24) is 15.6 Å². The summed E-state index contributed by atoms with van der Waals surface area (Å²) >= 11 is 0. The molecular formula is C19H21F2N3O2. The molecule has 1 saturated heterocycles. The fourth-order valence-electron chi connectivity index (χ4n) is 2.92. The van der Waals surface area contributed by atoms with Gasteiger partial charge in [-0.1, -0.05) is 6.07 Å². The summed E-state index contributed by atoms with van der Waals surface area (Å²) in [5.74, 6) is -1.44. The first-order valence-electron chi connectivity index (χ1n) is 8.68. The van der Waals surface area contributed by atoms with Crippen LogP contribution in [0.25, 0.3) is 0 Å². The van der Waals surface area contributed by atoms with Crippen LogP contribution in [0.15, 0.2) is 36.5 Å². The van der Waals surface area contributed by atoms with Crippen LogP contribution in [0, 0.1) is 17.6 Å². The standard InChI is InChI=1S/C19H21F2N3O2/c20-15-5-6-17(16(21)11-15)26-19-14(4-2-9-23-19)12-24-18(25)13-3-1-8-22-10-7-13/h2,4-6,9,11,13,22H,1,3,7-8,10,12H2,(H,24,25)/t13-/m1/s1. The first-order chi connectivity index (χ1) is 12.6. The maximum Gasteiger partial charge on any atom is 0.224 e. The average molecular weight is 361 g/mol. The van der Waals surface area contributed by atoms with Gasteiger partial charge in [-0.3, -0.25) is 4.79 Å². The second-order valence-corrected chi connectivity index (χ2v) is 6.24. The summed E-state index contributed by atoms with van der Waals surface area (Å²) in [7, 11) is 0. The van der Waals surface area contributed by atoms with Gasteiger partial charge in [0.25, 0.3) is 0 Å². The van der Waals surface area contributed by atoms with E-state index in [1.54, 1.807) is 12.1 Å². The van der Waals surface area contributed by atoms with Gasteiger partial charge in [0, 0.05) is 30.3 Å². The number of amides is 1. The Bertz CT molecular complexity index is 762. The van der Waals surface area contributed by atoms with Crippen LogP contribution in [0.5, 0.6) is 11.6 Å². The number of halogens is 2. The fraction of sp³-hybridized carbons (Fsp3) is 0.368. The number of aromatic nitrogens is 1. The van der Waals surface area contributed by atoms with Crippen molar-refractivity contribution in [3.8, 4) is 11.6 Å². The molecule has 0 bridgehead atoms. The maximum atomic E-state index is 13.8. The zero-order valence-corrected chi connectivity index (χ0v) is 14.3. The molecule has 3 rings (SSSR count). The molecule has 1 amide bonds. The molecule has 1 aliphatic rings. The average Bonchev–Trinajstić information content (AvgIpc) is 2.92. The molecule has 0 aliphatic carbocycles. The number of rotatable bonds is 5. The molecule has 0 saturated carbocycles. The van der Waals surface area contributed by atoms with Crippen molar-refractivity contribution in [3.05, 3.63) is 53.7 Å². The Morgan fingerprint density at radius 2 is 2.15 bits per heavy atom. The molecule has 5 nitrogen and oxygen atoms in total. The number of carbonyl (C=O) groups is 1. The molecule has 1 aromatic carbocycles. The fourth-order valence-corrected chi connectivity index (χ4v) is 2.92. The van der Waals surface area contributed by atoms with E-state index in [-0.39, 0.29) is 30.0 Å². The van der Waals surface area contributed by atoms with E-state index in [1.165, 1.54) is 12.3 Å². The minimum Gasteiger partial charge on any atom is -0.436 e. The lowest BCUT2D eigenvalue weighted by Crippen LogP contribution is -2.31. The van der Waals surface area contributed by atoms with E-state index in [1.807, 2.05) is 0 Å². The third-order valence-electron chi connectivity index (χ3n) is 4.35. The molecule has 0 spiro atoms. The number of carbonyl (C=O) groups excluding carboxylic acids is 1. The second kappa shape index (κ2) is 8.71. The van der Waals surface area contributed by atoms with Crippen LogP contribution < -0.4 is 15.4 Å². The van der Waals surface area contributed by atoms with Crippen molar-refractivity contribution in [1.29, 1.82) is 0 Å². The van der Waals surface area contributed by atoms with E-state index in [0.29, 0.717) is 5.56 Å². The summed E-state index contributed by atoms with van der Waals surface area (Å²) in [6.45, 7) is 2.01. The highest BCUT2D eigenvalue weighted by Gasteiger charge is 2.20. The minimum atomic E-state index is -0.809. The highest BCUT2D eigenvalue weighted by atomic mass is 19.1. The van der Waals surface area contributed by atoms with Gasteiger partial charge in [-0.2, -0.15) is 0 Å². The summed E-state index contributed by atoms with van der Waals surface area (Å²) in [6.07, 6.45) is 4.15. The third-order valence-corrected chi connectivity index (χ3v) is 4.35. The van der Waals surface area contributed by atoms with Gasteiger partial charge < -0.3 is 15.4 Å². The number of pyridine rings is 1. The van der Waals surface area contributed by atoms with E-state index in [2.05, 4.69) is 15.6 Å². The van der Waals surface area contributed by atoms with Crippen molar-refractivity contribution in [2.45, 2.75) is 25.8 Å².